The summed E-state index contributed by atoms with van der Waals surface area (Å²) in [6.45, 7) is 0. The van der Waals surface area contributed by atoms with E-state index in [9.17, 15) is 24.8 Å². The number of amides is 1. The molecule has 2 atom stereocenters. The SMILES string of the molecule is O=C(O)[C@@H]1CSC2C(c3ccccc3)=C3C(=NN=C3c3cccc([N+](=O)[O-])c3)C(=O)N21. The largest absolute Gasteiger partial charge is 0.480 e. The van der Waals surface area contributed by atoms with E-state index < -0.39 is 28.2 Å². The van der Waals surface area contributed by atoms with Crippen molar-refractivity contribution in [1.29, 1.82) is 0 Å². The Balaban J connectivity index is 1.72. The summed E-state index contributed by atoms with van der Waals surface area (Å²) in [6.07, 6.45) is 0. The van der Waals surface area contributed by atoms with Crippen LogP contribution in [0.3, 0.4) is 0 Å². The maximum absolute atomic E-state index is 13.2. The van der Waals surface area contributed by atoms with Gasteiger partial charge in [-0.25, -0.2) is 4.79 Å². The van der Waals surface area contributed by atoms with Crippen LogP contribution in [0.2, 0.25) is 0 Å². The second-order valence-electron chi connectivity index (χ2n) is 7.11. The molecule has 2 aromatic carbocycles. The molecule has 154 valence electrons. The Hall–Kier alpha value is -3.79. The van der Waals surface area contributed by atoms with Gasteiger partial charge >= 0.3 is 5.97 Å². The number of carbonyl (C=O) groups excluding carboxylic acids is 1. The number of aliphatic carboxylic acids is 1. The summed E-state index contributed by atoms with van der Waals surface area (Å²) >= 11 is 1.37. The molecular weight excluding hydrogens is 420 g/mol. The molecule has 0 saturated carbocycles. The van der Waals surface area contributed by atoms with Gasteiger partial charge in [-0.05, 0) is 5.56 Å². The van der Waals surface area contributed by atoms with Gasteiger partial charge in [0, 0.05) is 34.6 Å². The van der Waals surface area contributed by atoms with Crippen molar-refractivity contribution in [2.24, 2.45) is 10.2 Å². The Morgan fingerprint density at radius 3 is 2.52 bits per heavy atom. The van der Waals surface area contributed by atoms with Crippen LogP contribution in [-0.2, 0) is 9.59 Å². The number of hydrogen-bond acceptors (Lipinski definition) is 7. The van der Waals surface area contributed by atoms with Crippen LogP contribution in [0.5, 0.6) is 0 Å². The number of nitro groups is 1. The van der Waals surface area contributed by atoms with Crippen LogP contribution in [0.1, 0.15) is 11.1 Å². The topological polar surface area (TPSA) is 125 Å². The van der Waals surface area contributed by atoms with Crippen molar-refractivity contribution >= 4 is 46.3 Å². The Morgan fingerprint density at radius 1 is 1.10 bits per heavy atom. The smallest absolute Gasteiger partial charge is 0.327 e. The number of benzene rings is 2. The third kappa shape index (κ3) is 2.95. The van der Waals surface area contributed by atoms with E-state index in [1.807, 2.05) is 30.3 Å². The quantitative estimate of drug-likeness (QED) is 0.582. The van der Waals surface area contributed by atoms with Gasteiger partial charge in [-0.3, -0.25) is 14.9 Å². The van der Waals surface area contributed by atoms with Crippen molar-refractivity contribution in [3.63, 3.8) is 0 Å². The average Bonchev–Trinajstić information content (AvgIpc) is 3.40. The molecule has 3 aliphatic rings. The molecule has 0 bridgehead atoms. The number of nitro benzene ring substituents is 1. The molecule has 1 fully saturated rings. The number of rotatable bonds is 4. The third-order valence-corrected chi connectivity index (χ3v) is 6.66. The van der Waals surface area contributed by atoms with Crippen LogP contribution >= 0.6 is 11.8 Å². The van der Waals surface area contributed by atoms with Crippen LogP contribution < -0.4 is 0 Å². The summed E-state index contributed by atoms with van der Waals surface area (Å²) in [5, 5.41) is 28.6. The van der Waals surface area contributed by atoms with Crippen LogP contribution in [0.4, 0.5) is 5.69 Å². The lowest BCUT2D eigenvalue weighted by molar-refractivity contribution is -0.384. The summed E-state index contributed by atoms with van der Waals surface area (Å²) < 4.78 is 0. The summed E-state index contributed by atoms with van der Waals surface area (Å²) in [4.78, 5) is 37.1. The minimum Gasteiger partial charge on any atom is -0.480 e. The Labute approximate surface area is 179 Å². The fourth-order valence-corrected chi connectivity index (χ4v) is 5.49. The molecular formula is C21H14N4O5S. The van der Waals surface area contributed by atoms with E-state index in [0.29, 0.717) is 16.8 Å². The molecule has 3 heterocycles. The molecule has 0 radical (unpaired) electrons. The third-order valence-electron chi connectivity index (χ3n) is 5.38. The first-order valence-corrected chi connectivity index (χ1v) is 10.4. The van der Waals surface area contributed by atoms with Gasteiger partial charge in [0.25, 0.3) is 11.6 Å². The zero-order valence-electron chi connectivity index (χ0n) is 15.8. The number of carboxylic acids is 1. The van der Waals surface area contributed by atoms with E-state index in [1.54, 1.807) is 12.1 Å². The fourth-order valence-electron chi connectivity index (χ4n) is 4.00. The van der Waals surface area contributed by atoms with Crippen LogP contribution in [-0.4, -0.2) is 55.4 Å². The molecule has 0 spiro atoms. The van der Waals surface area contributed by atoms with Gasteiger partial charge in [0.15, 0.2) is 5.71 Å². The molecule has 9 nitrogen and oxygen atoms in total. The molecule has 1 saturated heterocycles. The van der Waals surface area contributed by atoms with Crippen molar-refractivity contribution in [2.45, 2.75) is 11.4 Å². The molecule has 0 aliphatic carbocycles. The molecule has 2 aromatic rings. The number of hydrogen-bond donors (Lipinski definition) is 1. The normalized spacial score (nSPS) is 22.1. The summed E-state index contributed by atoms with van der Waals surface area (Å²) in [5.74, 6) is -1.31. The van der Waals surface area contributed by atoms with Gasteiger partial charge < -0.3 is 10.0 Å². The molecule has 3 aliphatic heterocycles. The summed E-state index contributed by atoms with van der Waals surface area (Å²) in [5.41, 5.74) is 2.84. The average molecular weight is 434 g/mol. The second-order valence-corrected chi connectivity index (χ2v) is 8.22. The predicted molar refractivity (Wildman–Crippen MR) is 115 cm³/mol. The maximum Gasteiger partial charge on any atom is 0.327 e. The Kier molecular flexibility index (Phi) is 4.44. The van der Waals surface area contributed by atoms with Crippen molar-refractivity contribution < 1.29 is 19.6 Å². The van der Waals surface area contributed by atoms with Crippen molar-refractivity contribution in [3.05, 3.63) is 81.4 Å². The van der Waals surface area contributed by atoms with Gasteiger partial charge in [-0.2, -0.15) is 0 Å². The van der Waals surface area contributed by atoms with E-state index in [-0.39, 0.29) is 17.2 Å². The number of fused-ring (bicyclic) bond motifs is 2. The molecule has 1 N–H and O–H groups in total. The number of non-ortho nitro benzene ring substituents is 1. The van der Waals surface area contributed by atoms with Gasteiger partial charge in [0.05, 0.1) is 4.92 Å². The highest BCUT2D eigenvalue weighted by atomic mass is 32.2. The lowest BCUT2D eigenvalue weighted by Crippen LogP contribution is -2.52. The predicted octanol–water partition coefficient (Wildman–Crippen LogP) is 2.58. The maximum atomic E-state index is 13.2. The van der Waals surface area contributed by atoms with Crippen LogP contribution in [0.15, 0.2) is 70.4 Å². The Bertz CT molecular complexity index is 1240. The number of thioether (sulfide) groups is 1. The standard InChI is InChI=1S/C21H14N4O5S/c26-19-18-16(17(22-23-18)12-7-4-8-13(9-12)25(29)30)15(11-5-2-1-3-6-11)20-24(19)14(10-31-20)21(27)28/h1-9,14,20H,10H2,(H,27,28)/t14-,20?/m0/s1. The number of carbonyl (C=O) groups is 2. The number of carboxylic acid groups (broad SMARTS) is 1. The first kappa shape index (κ1) is 19.2. The van der Waals surface area contributed by atoms with Crippen LogP contribution in [0.25, 0.3) is 5.57 Å². The molecule has 1 unspecified atom stereocenters. The Morgan fingerprint density at radius 2 is 1.81 bits per heavy atom. The monoisotopic (exact) mass is 434 g/mol. The zero-order chi connectivity index (χ0) is 21.7. The highest BCUT2D eigenvalue weighted by Crippen LogP contribution is 2.45. The molecule has 31 heavy (non-hydrogen) atoms. The van der Waals surface area contributed by atoms with Crippen LogP contribution in [0, 0.1) is 10.1 Å². The van der Waals surface area contributed by atoms with E-state index in [2.05, 4.69) is 10.2 Å². The minimum atomic E-state index is -1.07. The zero-order valence-corrected chi connectivity index (χ0v) is 16.7. The molecule has 5 rings (SSSR count). The van der Waals surface area contributed by atoms with E-state index in [4.69, 9.17) is 0 Å². The van der Waals surface area contributed by atoms with Gasteiger partial charge in [-0.15, -0.1) is 22.0 Å². The molecule has 0 aromatic heterocycles. The first-order valence-electron chi connectivity index (χ1n) is 9.35. The van der Waals surface area contributed by atoms with Gasteiger partial charge in [-0.1, -0.05) is 42.5 Å². The van der Waals surface area contributed by atoms with Gasteiger partial charge in [0.1, 0.15) is 17.1 Å². The lowest BCUT2D eigenvalue weighted by Gasteiger charge is -2.34. The molecule has 10 heteroatoms. The van der Waals surface area contributed by atoms with Crippen molar-refractivity contribution in [1.82, 2.24) is 4.90 Å². The van der Waals surface area contributed by atoms with Gasteiger partial charge in [0.2, 0.25) is 0 Å². The van der Waals surface area contributed by atoms with E-state index in [1.165, 1.54) is 28.8 Å². The lowest BCUT2D eigenvalue weighted by atomic mass is 9.86. The van der Waals surface area contributed by atoms with Crippen molar-refractivity contribution in [2.75, 3.05) is 5.75 Å². The molecule has 1 amide bonds. The van der Waals surface area contributed by atoms with E-state index >= 15 is 0 Å². The highest BCUT2D eigenvalue weighted by molar-refractivity contribution is 8.00. The highest BCUT2D eigenvalue weighted by Gasteiger charge is 2.51. The van der Waals surface area contributed by atoms with Crippen molar-refractivity contribution in [3.8, 4) is 0 Å². The number of nitrogens with zero attached hydrogens (tertiary/aromatic N) is 4. The second kappa shape index (κ2) is 7.17. The fraction of sp³-hybridized carbons (Fsp3) is 0.143. The van der Waals surface area contributed by atoms with E-state index in [0.717, 1.165) is 11.1 Å². The first-order chi connectivity index (χ1) is 15.0. The summed E-state index contributed by atoms with van der Waals surface area (Å²) in [7, 11) is 0. The minimum absolute atomic E-state index is 0.0605. The summed E-state index contributed by atoms with van der Waals surface area (Å²) in [6, 6.07) is 14.4.